The summed E-state index contributed by atoms with van der Waals surface area (Å²) in [6.45, 7) is 0.403. The second-order valence-electron chi connectivity index (χ2n) is 14.8. The molecule has 0 spiro atoms. The van der Waals surface area contributed by atoms with Gasteiger partial charge in [0.25, 0.3) is 5.91 Å². The van der Waals surface area contributed by atoms with E-state index in [1.54, 1.807) is 17.3 Å². The molecule has 1 atom stereocenters. The minimum absolute atomic E-state index is 0.0599. The van der Waals surface area contributed by atoms with Crippen LogP contribution in [0.5, 0.6) is 11.6 Å². The molecule has 56 heavy (non-hydrogen) atoms. The molecule has 11 heteroatoms. The number of benzene rings is 2. The SMILES string of the molecule is O=C1CCC(N2Cc3cc(CCCCCC#Cc4ccc(OC5CC(Oc6ccc(-c7ccc8c(c7)[nH]c7ccncc78)cn6)C5)cn4)ccc3C2=O)C(=O)N1. The highest BCUT2D eigenvalue weighted by Crippen LogP contribution is 2.32. The summed E-state index contributed by atoms with van der Waals surface area (Å²) in [5.41, 5.74) is 7.76. The summed E-state index contributed by atoms with van der Waals surface area (Å²) in [5.74, 6) is 6.94. The largest absolute Gasteiger partial charge is 0.489 e. The number of aromatic amines is 1. The molecule has 6 aromatic rings. The number of nitrogens with one attached hydrogen (secondary N) is 2. The second-order valence-corrected chi connectivity index (χ2v) is 14.8. The number of unbranched alkanes of at least 4 members (excludes halogenated alkanes) is 3. The zero-order chi connectivity index (χ0) is 38.0. The average molecular weight is 745 g/mol. The van der Waals surface area contributed by atoms with Gasteiger partial charge in [-0.2, -0.15) is 0 Å². The topological polar surface area (TPSA) is 139 Å². The van der Waals surface area contributed by atoms with E-state index in [9.17, 15) is 14.4 Å². The fraction of sp³-hybridized carbons (Fsp3) is 0.289. The third-order valence-electron chi connectivity index (χ3n) is 10.9. The normalized spacial score (nSPS) is 19.0. The number of fused-ring (bicyclic) bond motifs is 4. The number of carbonyl (C=O) groups excluding carboxylic acids is 3. The van der Waals surface area contributed by atoms with Gasteiger partial charge in [-0.1, -0.05) is 36.6 Å². The van der Waals surface area contributed by atoms with Crippen LogP contribution in [0.15, 0.2) is 91.5 Å². The van der Waals surface area contributed by atoms with Crippen LogP contribution in [-0.4, -0.2) is 60.8 Å². The summed E-state index contributed by atoms with van der Waals surface area (Å²) in [4.78, 5) is 55.2. The molecule has 9 rings (SSSR count). The summed E-state index contributed by atoms with van der Waals surface area (Å²) in [7, 11) is 0. The summed E-state index contributed by atoms with van der Waals surface area (Å²) in [6.07, 6.45) is 14.4. The van der Waals surface area contributed by atoms with Crippen LogP contribution >= 0.6 is 0 Å². The van der Waals surface area contributed by atoms with Crippen molar-refractivity contribution in [2.75, 3.05) is 0 Å². The number of ether oxygens (including phenoxy) is 2. The van der Waals surface area contributed by atoms with E-state index in [4.69, 9.17) is 9.47 Å². The third-order valence-corrected chi connectivity index (χ3v) is 10.9. The summed E-state index contributed by atoms with van der Waals surface area (Å²) in [5, 5.41) is 4.63. The van der Waals surface area contributed by atoms with Crippen LogP contribution in [0, 0.1) is 11.8 Å². The standard InChI is InChI=1S/C45H40N6O5/c52-42-16-15-41(44(53)50-42)51-27-31-20-28(8-13-36(31)45(51)54)6-4-2-1-3-5-7-32-11-12-33(25-47-32)55-34-22-35(23-34)56-43-17-10-30(24-48-43)29-9-14-37-38-26-46-19-18-39(38)49-40(37)21-29/h8-14,17-21,24-26,34-35,41,49H,1-4,6,15-16,22-23,27H2,(H,50,52,53). The van der Waals surface area contributed by atoms with Crippen LogP contribution in [0.25, 0.3) is 32.9 Å². The molecule has 2 aliphatic heterocycles. The Hall–Kier alpha value is -6.54. The third kappa shape index (κ3) is 7.43. The van der Waals surface area contributed by atoms with Gasteiger partial charge in [0.05, 0.1) is 6.20 Å². The van der Waals surface area contributed by atoms with E-state index in [0.717, 1.165) is 94.9 Å². The highest BCUT2D eigenvalue weighted by Gasteiger charge is 2.39. The first-order valence-corrected chi connectivity index (χ1v) is 19.3. The molecule has 2 fully saturated rings. The number of hydrogen-bond acceptors (Lipinski definition) is 8. The lowest BCUT2D eigenvalue weighted by molar-refractivity contribution is -0.136. The highest BCUT2D eigenvalue weighted by atomic mass is 16.5. The fourth-order valence-electron chi connectivity index (χ4n) is 7.80. The predicted molar refractivity (Wildman–Crippen MR) is 211 cm³/mol. The average Bonchev–Trinajstić information content (AvgIpc) is 3.73. The maximum absolute atomic E-state index is 12.9. The summed E-state index contributed by atoms with van der Waals surface area (Å²) < 4.78 is 12.2. The molecule has 1 unspecified atom stereocenters. The highest BCUT2D eigenvalue weighted by molar-refractivity contribution is 6.08. The molecule has 2 aromatic carbocycles. The predicted octanol–water partition coefficient (Wildman–Crippen LogP) is 7.08. The molecule has 6 heterocycles. The molecule has 1 saturated heterocycles. The number of carbonyl (C=O) groups is 3. The maximum atomic E-state index is 12.9. The van der Waals surface area contributed by atoms with Gasteiger partial charge in [0.2, 0.25) is 17.7 Å². The zero-order valence-electron chi connectivity index (χ0n) is 30.8. The Labute approximate surface area is 323 Å². The van der Waals surface area contributed by atoms with Crippen molar-refractivity contribution in [3.63, 3.8) is 0 Å². The Bertz CT molecular complexity index is 2510. The first-order chi connectivity index (χ1) is 27.4. The Morgan fingerprint density at radius 1 is 0.804 bits per heavy atom. The van der Waals surface area contributed by atoms with E-state index in [-0.39, 0.29) is 36.4 Å². The van der Waals surface area contributed by atoms with Crippen molar-refractivity contribution in [3.05, 3.63) is 114 Å². The van der Waals surface area contributed by atoms with Crippen molar-refractivity contribution in [2.24, 2.45) is 0 Å². The van der Waals surface area contributed by atoms with E-state index in [2.05, 4.69) is 61.4 Å². The number of amides is 3. The number of aromatic nitrogens is 4. The van der Waals surface area contributed by atoms with Gasteiger partial charge in [0.1, 0.15) is 29.7 Å². The molecule has 4 aromatic heterocycles. The van der Waals surface area contributed by atoms with E-state index < -0.39 is 6.04 Å². The summed E-state index contributed by atoms with van der Waals surface area (Å²) >= 11 is 0. The minimum Gasteiger partial charge on any atom is -0.489 e. The van der Waals surface area contributed by atoms with Crippen LogP contribution in [-0.2, 0) is 22.6 Å². The zero-order valence-corrected chi connectivity index (χ0v) is 30.8. The maximum Gasteiger partial charge on any atom is 0.255 e. The van der Waals surface area contributed by atoms with Crippen LogP contribution in [0.2, 0.25) is 0 Å². The number of aryl methyl sites for hydroxylation is 1. The van der Waals surface area contributed by atoms with Crippen molar-refractivity contribution in [3.8, 4) is 34.6 Å². The molecule has 11 nitrogen and oxygen atoms in total. The Kier molecular flexibility index (Phi) is 9.61. The van der Waals surface area contributed by atoms with Crippen molar-refractivity contribution in [2.45, 2.75) is 82.6 Å². The molecule has 3 amide bonds. The lowest BCUT2D eigenvalue weighted by atomic mass is 9.92. The van der Waals surface area contributed by atoms with Gasteiger partial charge in [-0.25, -0.2) is 9.97 Å². The molecule has 280 valence electrons. The first kappa shape index (κ1) is 35.2. The molecular formula is C45H40N6O5. The van der Waals surface area contributed by atoms with Gasteiger partial charge in [-0.05, 0) is 84.7 Å². The molecule has 0 radical (unpaired) electrons. The molecular weight excluding hydrogens is 705 g/mol. The number of H-pyrrole nitrogens is 1. The van der Waals surface area contributed by atoms with Crippen LogP contribution < -0.4 is 14.8 Å². The minimum atomic E-state index is -0.589. The Morgan fingerprint density at radius 3 is 2.54 bits per heavy atom. The van der Waals surface area contributed by atoms with Gasteiger partial charge in [0, 0.05) is 89.8 Å². The van der Waals surface area contributed by atoms with Crippen LogP contribution in [0.3, 0.4) is 0 Å². The number of piperidine rings is 1. The van der Waals surface area contributed by atoms with Gasteiger partial charge < -0.3 is 19.4 Å². The van der Waals surface area contributed by atoms with Crippen LogP contribution in [0.1, 0.15) is 78.5 Å². The van der Waals surface area contributed by atoms with Crippen LogP contribution in [0.4, 0.5) is 0 Å². The van der Waals surface area contributed by atoms with Crippen molar-refractivity contribution in [1.29, 1.82) is 0 Å². The molecule has 1 saturated carbocycles. The molecule has 2 N–H and O–H groups in total. The quantitative estimate of drug-likeness (QED) is 0.0816. The van der Waals surface area contributed by atoms with Gasteiger partial charge in [-0.3, -0.25) is 24.7 Å². The first-order valence-electron chi connectivity index (χ1n) is 19.3. The van der Waals surface area contributed by atoms with E-state index >= 15 is 0 Å². The molecule has 0 bridgehead atoms. The lowest BCUT2D eigenvalue weighted by Crippen LogP contribution is -2.52. The number of imide groups is 1. The van der Waals surface area contributed by atoms with Gasteiger partial charge in [0.15, 0.2) is 0 Å². The molecule has 1 aliphatic carbocycles. The Balaban J connectivity index is 0.672. The fourth-order valence-corrected chi connectivity index (χ4v) is 7.80. The van der Waals surface area contributed by atoms with Gasteiger partial charge in [-0.15, -0.1) is 0 Å². The summed E-state index contributed by atoms with van der Waals surface area (Å²) in [6, 6.07) is 21.5. The van der Waals surface area contributed by atoms with Crippen molar-refractivity contribution in [1.82, 2.24) is 30.2 Å². The van der Waals surface area contributed by atoms with Gasteiger partial charge >= 0.3 is 0 Å². The lowest BCUT2D eigenvalue weighted by Gasteiger charge is -2.34. The number of rotatable bonds is 11. The number of nitrogens with zero attached hydrogens (tertiary/aromatic N) is 4. The smallest absolute Gasteiger partial charge is 0.255 e. The number of hydrogen-bond donors (Lipinski definition) is 2. The number of pyridine rings is 3. The molecule has 3 aliphatic rings. The monoisotopic (exact) mass is 744 g/mol. The van der Waals surface area contributed by atoms with Crippen molar-refractivity contribution >= 4 is 39.5 Å². The van der Waals surface area contributed by atoms with E-state index in [1.165, 1.54) is 5.56 Å². The Morgan fingerprint density at radius 2 is 1.70 bits per heavy atom. The second kappa shape index (κ2) is 15.3. The van der Waals surface area contributed by atoms with Crippen molar-refractivity contribution < 1.29 is 23.9 Å². The van der Waals surface area contributed by atoms with E-state index in [1.807, 2.05) is 54.9 Å². The van der Waals surface area contributed by atoms with E-state index in [0.29, 0.717) is 24.4 Å².